The van der Waals surface area contributed by atoms with Crippen LogP contribution in [0.25, 0.3) is 22.0 Å². The first kappa shape index (κ1) is 29.8. The number of hydrogen-bond acceptors (Lipinski definition) is 7. The third kappa shape index (κ3) is 4.84. The molecule has 1 amide bonds. The van der Waals surface area contributed by atoms with Crippen molar-refractivity contribution >= 4 is 22.5 Å². The molecule has 4 fully saturated rings. The van der Waals surface area contributed by atoms with Crippen molar-refractivity contribution in [3.63, 3.8) is 0 Å². The van der Waals surface area contributed by atoms with Crippen molar-refractivity contribution in [3.05, 3.63) is 65.2 Å². The predicted octanol–water partition coefficient (Wildman–Crippen LogP) is 5.99. The van der Waals surface area contributed by atoms with E-state index in [4.69, 9.17) is 9.72 Å². The maximum Gasteiger partial charge on any atom is 0.282 e. The van der Waals surface area contributed by atoms with Gasteiger partial charge in [-0.2, -0.15) is 10.5 Å². The van der Waals surface area contributed by atoms with Gasteiger partial charge in [-0.15, -0.1) is 0 Å². The molecule has 5 aliphatic rings. The minimum atomic E-state index is -1.09. The van der Waals surface area contributed by atoms with Crippen molar-refractivity contribution in [1.29, 1.82) is 10.5 Å². The number of rotatable bonds is 7. The van der Waals surface area contributed by atoms with Crippen LogP contribution in [0.4, 0.5) is 14.5 Å². The van der Waals surface area contributed by atoms with Crippen LogP contribution < -0.4 is 9.64 Å². The Morgan fingerprint density at radius 1 is 1.13 bits per heavy atom. The minimum absolute atomic E-state index is 0.0398. The van der Waals surface area contributed by atoms with E-state index in [1.54, 1.807) is 6.07 Å². The second-order valence-corrected chi connectivity index (χ2v) is 13.9. The molecule has 3 saturated heterocycles. The summed E-state index contributed by atoms with van der Waals surface area (Å²) in [5.41, 5.74) is 4.96. The Morgan fingerprint density at radius 3 is 2.68 bits per heavy atom. The molecule has 2 aliphatic carbocycles. The second-order valence-electron chi connectivity index (χ2n) is 13.9. The number of carbonyl (C=O) groups excluding carboxylic acids is 1. The SMILES string of the molecule is C=C(F)C(=O)N1CCN(c2c(C#N)c(OCC34CCCN3CCC4)nc3cc(-c4cccc5c4C4CC4C5)c(F)cc23)C[C@@H]1CC#N. The predicted molar refractivity (Wildman–Crippen MR) is 173 cm³/mol. The number of nitrogens with zero attached hydrogens (tertiary/aromatic N) is 6. The zero-order valence-corrected chi connectivity index (χ0v) is 26.3. The van der Waals surface area contributed by atoms with Gasteiger partial charge in [0, 0.05) is 30.6 Å². The van der Waals surface area contributed by atoms with Gasteiger partial charge in [0.05, 0.1) is 35.3 Å². The largest absolute Gasteiger partial charge is 0.475 e. The molecule has 4 heterocycles. The highest BCUT2D eigenvalue weighted by Crippen LogP contribution is 2.59. The molecule has 0 N–H and O–H groups in total. The van der Waals surface area contributed by atoms with E-state index in [2.05, 4.69) is 29.7 Å². The summed E-state index contributed by atoms with van der Waals surface area (Å²) in [6.45, 7) is 6.13. The van der Waals surface area contributed by atoms with Crippen molar-refractivity contribution in [1.82, 2.24) is 14.8 Å². The Kier molecular flexibility index (Phi) is 7.18. The number of amides is 1. The van der Waals surface area contributed by atoms with Crippen molar-refractivity contribution in [3.8, 4) is 29.1 Å². The third-order valence-electron chi connectivity index (χ3n) is 11.3. The fourth-order valence-corrected chi connectivity index (χ4v) is 8.98. The summed E-state index contributed by atoms with van der Waals surface area (Å²) >= 11 is 0. The molecular weight excluding hydrogens is 598 g/mol. The maximum atomic E-state index is 16.3. The van der Waals surface area contributed by atoms with Gasteiger partial charge in [-0.1, -0.05) is 24.8 Å². The number of carbonyl (C=O) groups is 1. The van der Waals surface area contributed by atoms with E-state index in [0.717, 1.165) is 57.2 Å². The van der Waals surface area contributed by atoms with Gasteiger partial charge in [-0.25, -0.2) is 13.8 Å². The average molecular weight is 635 g/mol. The van der Waals surface area contributed by atoms with E-state index in [1.165, 1.54) is 22.1 Å². The number of nitriles is 2. The molecule has 2 aromatic carbocycles. The van der Waals surface area contributed by atoms with Gasteiger partial charge in [-0.05, 0) is 92.3 Å². The molecule has 10 heteroatoms. The van der Waals surface area contributed by atoms with Crippen LogP contribution in [0, 0.1) is 34.4 Å². The summed E-state index contributed by atoms with van der Waals surface area (Å²) in [6, 6.07) is 13.1. The van der Waals surface area contributed by atoms with Crippen LogP contribution in [0.2, 0.25) is 0 Å². The Morgan fingerprint density at radius 2 is 1.94 bits per heavy atom. The molecule has 47 heavy (non-hydrogen) atoms. The number of fused-ring (bicyclic) bond motifs is 5. The van der Waals surface area contributed by atoms with Gasteiger partial charge in [0.15, 0.2) is 5.83 Å². The van der Waals surface area contributed by atoms with Gasteiger partial charge in [0.25, 0.3) is 5.91 Å². The molecule has 3 aliphatic heterocycles. The molecule has 1 aromatic heterocycles. The molecule has 3 atom stereocenters. The third-order valence-corrected chi connectivity index (χ3v) is 11.3. The second kappa shape index (κ2) is 11.3. The first-order chi connectivity index (χ1) is 22.8. The van der Waals surface area contributed by atoms with Crippen LogP contribution in [0.1, 0.15) is 61.1 Å². The molecule has 240 valence electrons. The molecule has 3 aromatic rings. The molecule has 8 rings (SSSR count). The lowest BCUT2D eigenvalue weighted by Crippen LogP contribution is -2.55. The summed E-state index contributed by atoms with van der Waals surface area (Å²) in [6.07, 6.45) is 6.38. The van der Waals surface area contributed by atoms with Gasteiger partial charge in [0.1, 0.15) is 24.1 Å². The Balaban J connectivity index is 1.25. The van der Waals surface area contributed by atoms with E-state index in [0.29, 0.717) is 40.6 Å². The number of ether oxygens (including phenoxy) is 1. The molecule has 0 bridgehead atoms. The molecular formula is C37H36F2N6O2. The van der Waals surface area contributed by atoms with Crippen LogP contribution in [0.15, 0.2) is 42.7 Å². The lowest BCUT2D eigenvalue weighted by molar-refractivity contribution is -0.131. The smallest absolute Gasteiger partial charge is 0.282 e. The highest BCUT2D eigenvalue weighted by atomic mass is 19.1. The van der Waals surface area contributed by atoms with Crippen molar-refractivity contribution in [2.45, 2.75) is 62.4 Å². The van der Waals surface area contributed by atoms with Crippen LogP contribution in [-0.2, 0) is 11.2 Å². The van der Waals surface area contributed by atoms with Gasteiger partial charge < -0.3 is 14.5 Å². The lowest BCUT2D eigenvalue weighted by Gasteiger charge is -2.42. The summed E-state index contributed by atoms with van der Waals surface area (Å²) < 4.78 is 36.8. The standard InChI is InChI=1S/C37H36F2N6O2/c1-22(38)36(46)45-14-13-43(20-25(45)7-10-40)34-29-17-31(39)28(26-6-2-5-23-15-24-16-27(24)33(23)26)18-32(29)42-35(30(34)19-41)47-21-37-8-3-11-44(37)12-4-9-37/h2,5-6,17-18,24-25,27H,1,3-4,7-9,11-16,20-21H2/t24?,25-,27?/m0/s1. The Bertz CT molecular complexity index is 1900. The number of anilines is 1. The van der Waals surface area contributed by atoms with Gasteiger partial charge >= 0.3 is 0 Å². The molecule has 1 saturated carbocycles. The lowest BCUT2D eigenvalue weighted by atomic mass is 9.92. The number of halogens is 2. The van der Waals surface area contributed by atoms with E-state index < -0.39 is 23.6 Å². The summed E-state index contributed by atoms with van der Waals surface area (Å²) in [5.74, 6) is -1.03. The van der Waals surface area contributed by atoms with E-state index in [1.807, 2.05) is 17.0 Å². The minimum Gasteiger partial charge on any atom is -0.475 e. The highest BCUT2D eigenvalue weighted by Gasteiger charge is 2.47. The normalized spacial score (nSPS) is 24.0. The Hall–Kier alpha value is -4.54. The fourth-order valence-electron chi connectivity index (χ4n) is 8.98. The van der Waals surface area contributed by atoms with Crippen molar-refractivity contribution in [2.75, 3.05) is 44.2 Å². The topological polar surface area (TPSA) is 96.5 Å². The number of hydrogen-bond donors (Lipinski definition) is 0. The zero-order valence-electron chi connectivity index (χ0n) is 26.3. The van der Waals surface area contributed by atoms with Crippen LogP contribution in [-0.4, -0.2) is 71.6 Å². The van der Waals surface area contributed by atoms with Crippen LogP contribution >= 0.6 is 0 Å². The van der Waals surface area contributed by atoms with E-state index in [9.17, 15) is 19.7 Å². The molecule has 0 spiro atoms. The van der Waals surface area contributed by atoms with E-state index in [-0.39, 0.29) is 43.0 Å². The first-order valence-corrected chi connectivity index (χ1v) is 16.7. The molecule has 2 unspecified atom stereocenters. The summed E-state index contributed by atoms with van der Waals surface area (Å²) in [4.78, 5) is 23.2. The number of aromatic nitrogens is 1. The average Bonchev–Trinajstić information content (AvgIpc) is 3.35. The summed E-state index contributed by atoms with van der Waals surface area (Å²) in [7, 11) is 0. The van der Waals surface area contributed by atoms with Crippen LogP contribution in [0.5, 0.6) is 5.88 Å². The highest BCUT2D eigenvalue weighted by molar-refractivity contribution is 5.99. The quantitative estimate of drug-likeness (QED) is 0.295. The molecule has 0 radical (unpaired) electrons. The van der Waals surface area contributed by atoms with Crippen LogP contribution in [0.3, 0.4) is 0 Å². The van der Waals surface area contributed by atoms with E-state index >= 15 is 4.39 Å². The zero-order chi connectivity index (χ0) is 32.4. The Labute approximate surface area is 272 Å². The maximum absolute atomic E-state index is 16.3. The number of pyridine rings is 1. The summed E-state index contributed by atoms with van der Waals surface area (Å²) in [5, 5.41) is 20.7. The number of piperazine rings is 1. The van der Waals surface area contributed by atoms with Gasteiger partial charge in [-0.3, -0.25) is 9.69 Å². The monoisotopic (exact) mass is 634 g/mol. The first-order valence-electron chi connectivity index (χ1n) is 16.7. The van der Waals surface area contributed by atoms with Crippen molar-refractivity contribution in [2.24, 2.45) is 5.92 Å². The number of benzene rings is 2. The van der Waals surface area contributed by atoms with Gasteiger partial charge in [0.2, 0.25) is 5.88 Å². The molecule has 8 nitrogen and oxygen atoms in total. The van der Waals surface area contributed by atoms with Crippen molar-refractivity contribution < 1.29 is 18.3 Å². The fraction of sp³-hybridized carbons (Fsp3) is 0.459.